The van der Waals surface area contributed by atoms with Crippen molar-refractivity contribution in [3.63, 3.8) is 0 Å². The Morgan fingerprint density at radius 3 is 2.43 bits per heavy atom. The van der Waals surface area contributed by atoms with Gasteiger partial charge in [0.1, 0.15) is 0 Å². The number of hydrogen-bond donors (Lipinski definition) is 1. The van der Waals surface area contributed by atoms with Gasteiger partial charge in [0.05, 0.1) is 6.04 Å². The first kappa shape index (κ1) is 19.3. The Morgan fingerprint density at radius 2 is 1.71 bits per heavy atom. The van der Waals surface area contributed by atoms with E-state index in [1.807, 2.05) is 6.07 Å². The Bertz CT molecular complexity index is 863. The number of amides is 1. The van der Waals surface area contributed by atoms with E-state index in [2.05, 4.69) is 47.4 Å². The minimum atomic E-state index is -0.833. The van der Waals surface area contributed by atoms with E-state index >= 15 is 0 Å². The lowest BCUT2D eigenvalue weighted by Crippen LogP contribution is -2.43. The lowest BCUT2D eigenvalue weighted by Gasteiger charge is -2.46. The number of benzene rings is 2. The number of nitrogens with zero attached hydrogens (tertiary/aromatic N) is 2. The van der Waals surface area contributed by atoms with Crippen LogP contribution >= 0.6 is 12.4 Å². The van der Waals surface area contributed by atoms with E-state index < -0.39 is 6.09 Å². The average molecular weight is 399 g/mol. The van der Waals surface area contributed by atoms with Crippen LogP contribution < -0.4 is 0 Å². The molecule has 0 aliphatic carbocycles. The van der Waals surface area contributed by atoms with Crippen molar-refractivity contribution in [3.8, 4) is 0 Å². The van der Waals surface area contributed by atoms with E-state index in [-0.39, 0.29) is 18.4 Å². The molecule has 3 fully saturated rings. The summed E-state index contributed by atoms with van der Waals surface area (Å²) in [6.07, 6.45) is 3.86. The Kier molecular flexibility index (Phi) is 5.35. The molecule has 4 aliphatic heterocycles. The van der Waals surface area contributed by atoms with Crippen LogP contribution in [0, 0.1) is 5.92 Å². The molecule has 0 saturated carbocycles. The van der Waals surface area contributed by atoms with Crippen molar-refractivity contribution in [1.29, 1.82) is 0 Å². The summed E-state index contributed by atoms with van der Waals surface area (Å²) in [6, 6.07) is 17.3. The number of hydrogen-bond acceptors (Lipinski definition) is 2. The largest absolute Gasteiger partial charge is 0.465 e. The number of rotatable bonds is 2. The Labute approximate surface area is 172 Å². The number of piperidine rings is 3. The molecule has 5 heteroatoms. The molecule has 3 saturated heterocycles. The van der Waals surface area contributed by atoms with E-state index in [0.29, 0.717) is 12.6 Å². The third kappa shape index (κ3) is 3.29. The van der Waals surface area contributed by atoms with Gasteiger partial charge in [-0.1, -0.05) is 48.5 Å². The van der Waals surface area contributed by atoms with Crippen LogP contribution in [0.5, 0.6) is 0 Å². The maximum atomic E-state index is 12.0. The molecule has 28 heavy (non-hydrogen) atoms. The summed E-state index contributed by atoms with van der Waals surface area (Å²) in [5.41, 5.74) is 4.86. The molecular weight excluding hydrogens is 372 g/mol. The van der Waals surface area contributed by atoms with Gasteiger partial charge in [-0.2, -0.15) is 0 Å². The van der Waals surface area contributed by atoms with Crippen LogP contribution in [-0.4, -0.2) is 40.6 Å². The van der Waals surface area contributed by atoms with Crippen molar-refractivity contribution in [2.45, 2.75) is 37.8 Å². The lowest BCUT2D eigenvalue weighted by molar-refractivity contribution is 0.0489. The predicted octanol–water partition coefficient (Wildman–Crippen LogP) is 4.89. The molecule has 148 valence electrons. The van der Waals surface area contributed by atoms with E-state index in [4.69, 9.17) is 0 Å². The maximum absolute atomic E-state index is 12.0. The first-order valence-corrected chi connectivity index (χ1v) is 10.1. The highest BCUT2D eigenvalue weighted by atomic mass is 35.5. The summed E-state index contributed by atoms with van der Waals surface area (Å²) in [5.74, 6) is 0.856. The summed E-state index contributed by atoms with van der Waals surface area (Å²) < 4.78 is 0. The zero-order valence-electron chi connectivity index (χ0n) is 16.0. The molecule has 1 unspecified atom stereocenters. The summed E-state index contributed by atoms with van der Waals surface area (Å²) in [5, 5.41) is 9.82. The van der Waals surface area contributed by atoms with Crippen molar-refractivity contribution in [1.82, 2.24) is 9.80 Å². The van der Waals surface area contributed by atoms with Gasteiger partial charge in [-0.3, -0.25) is 9.80 Å². The standard InChI is InChI=1S/C23H26N2O2.ClH/c26-23(27)25-13-10-17-4-1-2-7-20(17)22(25)19-6-3-5-18(15-19)21-14-16-8-11-24(21)12-9-16;/h1-7,15-16,21-22H,8-14H2,(H,26,27);1H/t21?,22-;/m0./s1. The third-order valence-electron chi connectivity index (χ3n) is 6.79. The number of carbonyl (C=O) groups is 1. The van der Waals surface area contributed by atoms with E-state index in [9.17, 15) is 9.90 Å². The van der Waals surface area contributed by atoms with Gasteiger partial charge in [-0.15, -0.1) is 12.4 Å². The molecule has 4 aliphatic rings. The lowest BCUT2D eigenvalue weighted by atomic mass is 9.80. The van der Waals surface area contributed by atoms with Gasteiger partial charge in [0.2, 0.25) is 0 Å². The van der Waals surface area contributed by atoms with Crippen LogP contribution in [0.15, 0.2) is 48.5 Å². The second kappa shape index (κ2) is 7.76. The van der Waals surface area contributed by atoms with Crippen molar-refractivity contribution in [3.05, 3.63) is 70.8 Å². The van der Waals surface area contributed by atoms with Gasteiger partial charge in [0, 0.05) is 12.6 Å². The molecule has 2 bridgehead atoms. The monoisotopic (exact) mass is 398 g/mol. The molecule has 4 nitrogen and oxygen atoms in total. The van der Waals surface area contributed by atoms with Crippen LogP contribution in [0.3, 0.4) is 0 Å². The molecule has 4 heterocycles. The number of halogens is 1. The smallest absolute Gasteiger partial charge is 0.408 e. The molecule has 6 rings (SSSR count). The molecule has 1 N–H and O–H groups in total. The van der Waals surface area contributed by atoms with Crippen LogP contribution in [0.4, 0.5) is 4.79 Å². The van der Waals surface area contributed by atoms with Crippen LogP contribution in [0.25, 0.3) is 0 Å². The van der Waals surface area contributed by atoms with Gasteiger partial charge in [0.25, 0.3) is 0 Å². The van der Waals surface area contributed by atoms with Crippen molar-refractivity contribution in [2.75, 3.05) is 19.6 Å². The molecule has 0 radical (unpaired) electrons. The quantitative estimate of drug-likeness (QED) is 0.783. The van der Waals surface area contributed by atoms with Gasteiger partial charge >= 0.3 is 6.09 Å². The summed E-state index contributed by atoms with van der Waals surface area (Å²) in [6.45, 7) is 2.96. The summed E-state index contributed by atoms with van der Waals surface area (Å²) in [7, 11) is 0. The van der Waals surface area contributed by atoms with Crippen molar-refractivity contribution in [2.24, 2.45) is 5.92 Å². The Balaban J connectivity index is 0.00000192. The zero-order chi connectivity index (χ0) is 18.4. The predicted molar refractivity (Wildman–Crippen MR) is 112 cm³/mol. The van der Waals surface area contributed by atoms with Crippen LogP contribution in [0.2, 0.25) is 0 Å². The van der Waals surface area contributed by atoms with Crippen molar-refractivity contribution < 1.29 is 9.90 Å². The average Bonchev–Trinajstić information content (AvgIpc) is 2.73. The zero-order valence-corrected chi connectivity index (χ0v) is 16.8. The highest BCUT2D eigenvalue weighted by molar-refractivity contribution is 5.85. The number of fused-ring (bicyclic) bond motifs is 4. The summed E-state index contributed by atoms with van der Waals surface area (Å²) >= 11 is 0. The van der Waals surface area contributed by atoms with E-state index in [1.165, 1.54) is 43.5 Å². The topological polar surface area (TPSA) is 43.8 Å². The molecule has 2 aromatic carbocycles. The molecule has 2 atom stereocenters. The second-order valence-electron chi connectivity index (χ2n) is 8.23. The minimum Gasteiger partial charge on any atom is -0.465 e. The van der Waals surface area contributed by atoms with Gasteiger partial charge in [-0.05, 0) is 66.9 Å². The highest BCUT2D eigenvalue weighted by Gasteiger charge is 2.36. The Hall–Kier alpha value is -2.04. The SMILES string of the molecule is Cl.O=C(O)N1CCc2ccccc2[C@@H]1c1cccc(C2CC3CCN2CC3)c1. The third-order valence-corrected chi connectivity index (χ3v) is 6.79. The number of carboxylic acid groups (broad SMARTS) is 1. The normalized spacial score (nSPS) is 28.4. The van der Waals surface area contributed by atoms with Gasteiger partial charge in [-0.25, -0.2) is 4.79 Å². The molecule has 1 amide bonds. The van der Waals surface area contributed by atoms with E-state index in [0.717, 1.165) is 23.5 Å². The van der Waals surface area contributed by atoms with E-state index in [1.54, 1.807) is 4.90 Å². The molecule has 2 aromatic rings. The fourth-order valence-electron chi connectivity index (χ4n) is 5.38. The van der Waals surface area contributed by atoms with Crippen molar-refractivity contribution >= 4 is 18.5 Å². The Morgan fingerprint density at radius 1 is 0.964 bits per heavy atom. The first-order chi connectivity index (χ1) is 13.2. The van der Waals surface area contributed by atoms with Gasteiger partial charge < -0.3 is 5.11 Å². The fourth-order valence-corrected chi connectivity index (χ4v) is 5.38. The molecule has 0 spiro atoms. The van der Waals surface area contributed by atoms with Gasteiger partial charge in [0.15, 0.2) is 0 Å². The van der Waals surface area contributed by atoms with Crippen LogP contribution in [-0.2, 0) is 6.42 Å². The molecule has 0 aromatic heterocycles. The first-order valence-electron chi connectivity index (χ1n) is 10.1. The second-order valence-corrected chi connectivity index (χ2v) is 8.23. The maximum Gasteiger partial charge on any atom is 0.408 e. The summed E-state index contributed by atoms with van der Waals surface area (Å²) in [4.78, 5) is 16.2. The fraction of sp³-hybridized carbons (Fsp3) is 0.435. The minimum absolute atomic E-state index is 0. The molecular formula is C23H27ClN2O2. The van der Waals surface area contributed by atoms with Crippen LogP contribution in [0.1, 0.15) is 53.6 Å². The highest BCUT2D eigenvalue weighted by Crippen LogP contribution is 2.42.